The van der Waals surface area contributed by atoms with Gasteiger partial charge in [0, 0.05) is 47.4 Å². The van der Waals surface area contributed by atoms with Gasteiger partial charge in [-0.2, -0.15) is 0 Å². The lowest BCUT2D eigenvalue weighted by atomic mass is 9.58. The van der Waals surface area contributed by atoms with Crippen molar-refractivity contribution in [1.82, 2.24) is 30.2 Å². The molecule has 2 aromatic carbocycles. The maximum atomic E-state index is 12.8. The first kappa shape index (κ1) is 43.2. The summed E-state index contributed by atoms with van der Waals surface area (Å²) in [6, 6.07) is 17.1. The fourth-order valence-corrected chi connectivity index (χ4v) is 12.0. The number of aliphatic carboxylic acids is 1. The van der Waals surface area contributed by atoms with Crippen LogP contribution in [0.15, 0.2) is 64.8 Å². The summed E-state index contributed by atoms with van der Waals surface area (Å²) in [7, 11) is -0.0122. The van der Waals surface area contributed by atoms with Gasteiger partial charge in [-0.15, -0.1) is 16.4 Å². The molecule has 0 bridgehead atoms. The number of phenolic OH excluding ortho intramolecular Hbond substituents is 1. The quantitative estimate of drug-likeness (QED) is 0.0611. The highest BCUT2D eigenvalue weighted by Gasteiger charge is 2.62. The Morgan fingerprint density at radius 3 is 2.53 bits per heavy atom. The number of hydrogen-bond acceptors (Lipinski definition) is 10. The molecule has 0 saturated heterocycles. The Kier molecular flexibility index (Phi) is 12.6. The highest BCUT2D eigenvalue weighted by molar-refractivity contribution is 7.10. The van der Waals surface area contributed by atoms with Crippen LogP contribution < -0.4 is 10.9 Å². The summed E-state index contributed by atoms with van der Waals surface area (Å²) >= 11 is 1.36. The van der Waals surface area contributed by atoms with Crippen molar-refractivity contribution in [2.45, 2.75) is 128 Å². The van der Waals surface area contributed by atoms with Crippen LogP contribution in [0.5, 0.6) is 5.75 Å². The second kappa shape index (κ2) is 17.2. The van der Waals surface area contributed by atoms with Gasteiger partial charge in [0.1, 0.15) is 11.3 Å². The molecule has 318 valence electrons. The molecule has 14 heteroatoms. The largest absolute Gasteiger partial charge is 0.506 e. The van der Waals surface area contributed by atoms with Crippen LogP contribution >= 0.6 is 11.3 Å². The van der Waals surface area contributed by atoms with Crippen LogP contribution in [0, 0.1) is 11.3 Å². The van der Waals surface area contributed by atoms with Crippen molar-refractivity contribution < 1.29 is 24.5 Å². The summed E-state index contributed by atoms with van der Waals surface area (Å²) in [5, 5.41) is 48.3. The fourth-order valence-electron chi connectivity index (χ4n) is 9.77. The molecule has 7 rings (SSSR count). The predicted octanol–water partition coefficient (Wildman–Crippen LogP) is 8.31. The smallest absolute Gasteiger partial charge is 0.341 e. The summed E-state index contributed by atoms with van der Waals surface area (Å²) < 4.78 is 8.97. The lowest BCUT2D eigenvalue weighted by Gasteiger charge is -2.50. The first-order chi connectivity index (χ1) is 28.0. The molecule has 0 aliphatic heterocycles. The van der Waals surface area contributed by atoms with E-state index in [-0.39, 0.29) is 28.4 Å². The van der Waals surface area contributed by atoms with Crippen molar-refractivity contribution in [2.24, 2.45) is 11.3 Å². The summed E-state index contributed by atoms with van der Waals surface area (Å²) in [6.07, 6.45) is 7.95. The van der Waals surface area contributed by atoms with Gasteiger partial charge < -0.3 is 34.9 Å². The number of carbonyl (C=O) groups is 1. The number of carboxylic acid groups (broad SMARTS) is 1. The zero-order valence-corrected chi connectivity index (χ0v) is 37.3. The van der Waals surface area contributed by atoms with Crippen molar-refractivity contribution in [3.05, 3.63) is 86.3 Å². The molecule has 3 heterocycles. The summed E-state index contributed by atoms with van der Waals surface area (Å²) in [6.45, 7) is 13.9. The second-order valence-electron chi connectivity index (χ2n) is 18.6. The number of aromatic nitrogens is 4. The Hall–Kier alpha value is -3.92. The molecular weight excluding hydrogens is 781 g/mol. The molecule has 5 aromatic rings. The number of H-pyrrole nitrogens is 1. The van der Waals surface area contributed by atoms with Gasteiger partial charge in [0.2, 0.25) is 11.2 Å². The number of hydrogen-bond donors (Lipinski definition) is 5. The van der Waals surface area contributed by atoms with Gasteiger partial charge in [-0.05, 0) is 129 Å². The zero-order valence-electron chi connectivity index (χ0n) is 35.5. The van der Waals surface area contributed by atoms with E-state index >= 15 is 0 Å². The molecule has 12 nitrogen and oxygen atoms in total. The van der Waals surface area contributed by atoms with Crippen LogP contribution in [0.2, 0.25) is 18.1 Å². The monoisotopic (exact) mass is 842 g/mol. The third-order valence-corrected chi connectivity index (χ3v) is 19.6. The summed E-state index contributed by atoms with van der Waals surface area (Å²) in [5.41, 5.74) is 1.54. The van der Waals surface area contributed by atoms with Gasteiger partial charge in [-0.25, -0.2) is 9.48 Å². The normalized spacial score (nSPS) is 20.3. The Balaban J connectivity index is 0.944. The van der Waals surface area contributed by atoms with Gasteiger partial charge in [-0.3, -0.25) is 4.79 Å². The minimum absolute atomic E-state index is 0.0128. The number of carboxylic acids is 1. The first-order valence-corrected chi connectivity index (χ1v) is 25.1. The molecule has 0 amide bonds. The second-order valence-corrected chi connectivity index (χ2v) is 24.3. The Labute approximate surface area is 352 Å². The number of rotatable bonds is 16. The van der Waals surface area contributed by atoms with Crippen LogP contribution in [-0.2, 0) is 27.9 Å². The van der Waals surface area contributed by atoms with Gasteiger partial charge in [0.05, 0.1) is 17.1 Å². The minimum Gasteiger partial charge on any atom is -0.506 e. The maximum Gasteiger partial charge on any atom is 0.341 e. The number of pyridine rings is 1. The Bertz CT molecular complexity index is 2290. The van der Waals surface area contributed by atoms with Crippen molar-refractivity contribution in [3.63, 3.8) is 0 Å². The van der Waals surface area contributed by atoms with E-state index in [1.807, 2.05) is 22.2 Å². The highest BCUT2D eigenvalue weighted by Crippen LogP contribution is 2.60. The molecule has 2 atom stereocenters. The highest BCUT2D eigenvalue weighted by atomic mass is 32.1. The van der Waals surface area contributed by atoms with E-state index in [2.05, 4.69) is 84.6 Å². The van der Waals surface area contributed by atoms with E-state index in [1.165, 1.54) is 17.4 Å². The molecule has 0 spiro atoms. The number of benzene rings is 2. The number of phenols is 1. The SMILES string of the molecule is CN(CCCn1nnc2cc(CNC[C@H](O[Si](C)(C)C(C)(C)C)c3ccc(O)c4[nH]c(=O)ccc34)ccc21)C1CCC(C2([C@](O)(C(=O)O)c3cccs3)CCCC2)CC1. The van der Waals surface area contributed by atoms with Crippen molar-refractivity contribution in [3.8, 4) is 5.75 Å². The van der Waals surface area contributed by atoms with E-state index in [4.69, 9.17) is 4.43 Å². The number of aryl methyl sites for hydroxylation is 1. The average Bonchev–Trinajstić information content (AvgIpc) is 4.00. The summed E-state index contributed by atoms with van der Waals surface area (Å²) in [5.74, 6) is -0.888. The van der Waals surface area contributed by atoms with Crippen LogP contribution in [0.1, 0.15) is 101 Å². The van der Waals surface area contributed by atoms with Crippen molar-refractivity contribution >= 4 is 47.6 Å². The number of nitrogens with zero attached hydrogens (tertiary/aromatic N) is 4. The van der Waals surface area contributed by atoms with Crippen LogP contribution in [0.3, 0.4) is 0 Å². The third-order valence-electron chi connectivity index (χ3n) is 14.1. The number of thiophene rings is 1. The summed E-state index contributed by atoms with van der Waals surface area (Å²) in [4.78, 5) is 30.7. The predicted molar refractivity (Wildman–Crippen MR) is 236 cm³/mol. The molecule has 0 unspecified atom stereocenters. The first-order valence-electron chi connectivity index (χ1n) is 21.3. The average molecular weight is 843 g/mol. The Morgan fingerprint density at radius 2 is 1.85 bits per heavy atom. The molecule has 3 aromatic heterocycles. The van der Waals surface area contributed by atoms with Gasteiger partial charge in [0.25, 0.3) is 0 Å². The van der Waals surface area contributed by atoms with Crippen molar-refractivity contribution in [2.75, 3.05) is 20.1 Å². The van der Waals surface area contributed by atoms with Gasteiger partial charge in [0.15, 0.2) is 8.32 Å². The standard InChI is InChI=1S/C45H62N6O6SSi/c1-43(2,3)59(5,6)57-38(33-17-20-37(52)41-34(33)18-21-40(53)47-41)29-46-28-30-12-19-36-35(27-30)48-49-51(36)25-10-24-50(4)32-15-13-31(14-16-32)44(22-7-8-23-44)45(56,42(54)55)39-11-9-26-58-39/h9,11-12,17-21,26-27,31-32,38,46,52,56H,7-8,10,13-16,22-25,28-29H2,1-6H3,(H,47,53)(H,54,55)/t31?,32?,38-,45+/m0/s1. The number of aromatic amines is 1. The van der Waals surface area contributed by atoms with E-state index in [9.17, 15) is 24.9 Å². The number of fused-ring (bicyclic) bond motifs is 2. The molecule has 2 aliphatic carbocycles. The van der Waals surface area contributed by atoms with Gasteiger partial charge in [-0.1, -0.05) is 57.0 Å². The Morgan fingerprint density at radius 1 is 1.10 bits per heavy atom. The molecule has 2 saturated carbocycles. The molecule has 59 heavy (non-hydrogen) atoms. The third kappa shape index (κ3) is 8.54. The molecule has 0 radical (unpaired) electrons. The zero-order chi connectivity index (χ0) is 42.2. The number of aliphatic hydroxyl groups is 1. The van der Waals surface area contributed by atoms with Crippen molar-refractivity contribution in [1.29, 1.82) is 0 Å². The van der Waals surface area contributed by atoms with Crippen LogP contribution in [0.25, 0.3) is 21.9 Å². The fraction of sp³-hybridized carbons (Fsp3) is 0.556. The molecule has 2 aliphatic rings. The number of aromatic hydroxyl groups is 1. The number of nitrogens with one attached hydrogen (secondary N) is 2. The lowest BCUT2D eigenvalue weighted by molar-refractivity contribution is -0.187. The van der Waals surface area contributed by atoms with E-state index in [0.717, 1.165) is 98.4 Å². The maximum absolute atomic E-state index is 12.8. The van der Waals surface area contributed by atoms with Crippen LogP contribution in [0.4, 0.5) is 0 Å². The molecule has 5 N–H and O–H groups in total. The molecule has 2 fully saturated rings. The topological polar surface area (TPSA) is 166 Å². The minimum atomic E-state index is -2.21. The van der Waals surface area contributed by atoms with E-state index in [1.54, 1.807) is 18.2 Å². The van der Waals surface area contributed by atoms with Gasteiger partial charge >= 0.3 is 5.97 Å². The molecular formula is C45H62N6O6SSi. The van der Waals surface area contributed by atoms with E-state index in [0.29, 0.717) is 29.5 Å². The van der Waals surface area contributed by atoms with E-state index < -0.39 is 25.3 Å². The van der Waals surface area contributed by atoms with Crippen LogP contribution in [-0.4, -0.2) is 80.7 Å². The lowest BCUT2D eigenvalue weighted by Crippen LogP contribution is -2.55.